The van der Waals surface area contributed by atoms with Gasteiger partial charge < -0.3 is 4.90 Å². The molecule has 1 N–H and O–H groups in total. The summed E-state index contributed by atoms with van der Waals surface area (Å²) in [6.07, 6.45) is 1.73. The molecule has 1 heterocycles. The average Bonchev–Trinajstić information content (AvgIpc) is 2.68. The van der Waals surface area contributed by atoms with Gasteiger partial charge >= 0.3 is 0 Å². The Labute approximate surface area is 167 Å². The first-order valence-corrected chi connectivity index (χ1v) is 9.02. The van der Waals surface area contributed by atoms with Crippen LogP contribution < -0.4 is 5.48 Å². The molecule has 7 heteroatoms. The summed E-state index contributed by atoms with van der Waals surface area (Å²) in [6.45, 7) is 0.580. The fourth-order valence-corrected chi connectivity index (χ4v) is 2.99. The second kappa shape index (κ2) is 9.10. The monoisotopic (exact) mass is 403 g/mol. The second-order valence-electron chi connectivity index (χ2n) is 6.54. The Kier molecular flexibility index (Phi) is 6.57. The van der Waals surface area contributed by atoms with Gasteiger partial charge in [-0.15, -0.1) is 0 Å². The standard InChI is InChI=1S/C21H20ClF2N3O/c1-27(2)12-15-5-3-4-6-16(15)14-7-10-20(25-11-14)26-28-13-17-18(23)8-9-19(24)21(17)22/h3-11H,12-13H2,1-2H3,(H,25,26). The molecule has 0 unspecified atom stereocenters. The summed E-state index contributed by atoms with van der Waals surface area (Å²) in [5.41, 5.74) is 5.85. The summed E-state index contributed by atoms with van der Waals surface area (Å²) < 4.78 is 27.2. The molecule has 0 aliphatic rings. The molecular formula is C21H20ClF2N3O. The van der Waals surface area contributed by atoms with Crippen molar-refractivity contribution in [2.24, 2.45) is 0 Å². The van der Waals surface area contributed by atoms with Crippen molar-refractivity contribution in [3.05, 3.63) is 82.5 Å². The highest BCUT2D eigenvalue weighted by Crippen LogP contribution is 2.26. The molecule has 0 fully saturated rings. The third-order valence-electron chi connectivity index (χ3n) is 4.11. The van der Waals surface area contributed by atoms with E-state index in [1.165, 1.54) is 5.56 Å². The molecule has 0 aliphatic carbocycles. The van der Waals surface area contributed by atoms with Gasteiger partial charge in [-0.2, -0.15) is 0 Å². The van der Waals surface area contributed by atoms with Gasteiger partial charge in [0.1, 0.15) is 24.1 Å². The smallest absolute Gasteiger partial charge is 0.149 e. The number of pyridine rings is 1. The quantitative estimate of drug-likeness (QED) is 0.430. The molecular weight excluding hydrogens is 384 g/mol. The zero-order valence-corrected chi connectivity index (χ0v) is 16.3. The van der Waals surface area contributed by atoms with Crippen molar-refractivity contribution in [2.75, 3.05) is 19.6 Å². The SMILES string of the molecule is CN(C)Cc1ccccc1-c1ccc(NOCc2c(F)ccc(F)c2Cl)nc1. The summed E-state index contributed by atoms with van der Waals surface area (Å²) in [6, 6.07) is 13.8. The molecule has 0 amide bonds. The number of hydrogen-bond donors (Lipinski definition) is 1. The van der Waals surface area contributed by atoms with E-state index in [9.17, 15) is 8.78 Å². The normalized spacial score (nSPS) is 11.1. The maximum absolute atomic E-state index is 13.7. The lowest BCUT2D eigenvalue weighted by Gasteiger charge is -2.14. The van der Waals surface area contributed by atoms with E-state index < -0.39 is 11.6 Å². The van der Waals surface area contributed by atoms with Crippen LogP contribution in [0.4, 0.5) is 14.6 Å². The lowest BCUT2D eigenvalue weighted by Crippen LogP contribution is -2.11. The Morgan fingerprint density at radius 1 is 1.04 bits per heavy atom. The van der Waals surface area contributed by atoms with Crippen molar-refractivity contribution in [3.63, 3.8) is 0 Å². The van der Waals surface area contributed by atoms with Crippen molar-refractivity contribution < 1.29 is 13.6 Å². The number of nitrogens with one attached hydrogen (secondary N) is 1. The van der Waals surface area contributed by atoms with Crippen LogP contribution in [-0.2, 0) is 18.0 Å². The fraction of sp³-hybridized carbons (Fsp3) is 0.190. The molecule has 146 valence electrons. The topological polar surface area (TPSA) is 37.4 Å². The number of halogens is 3. The van der Waals surface area contributed by atoms with E-state index in [2.05, 4.69) is 21.4 Å². The fourth-order valence-electron chi connectivity index (χ4n) is 2.78. The molecule has 28 heavy (non-hydrogen) atoms. The van der Waals surface area contributed by atoms with Gasteiger partial charge in [-0.05, 0) is 49.5 Å². The lowest BCUT2D eigenvalue weighted by atomic mass is 10.0. The molecule has 0 atom stereocenters. The van der Waals surface area contributed by atoms with Crippen LogP contribution in [0.2, 0.25) is 5.02 Å². The van der Waals surface area contributed by atoms with Crippen LogP contribution in [-0.4, -0.2) is 24.0 Å². The first-order valence-electron chi connectivity index (χ1n) is 8.65. The Morgan fingerprint density at radius 3 is 2.50 bits per heavy atom. The number of anilines is 1. The van der Waals surface area contributed by atoms with Crippen LogP contribution in [0.1, 0.15) is 11.1 Å². The maximum atomic E-state index is 13.7. The summed E-state index contributed by atoms with van der Waals surface area (Å²) in [5, 5.41) is -0.289. The van der Waals surface area contributed by atoms with Gasteiger partial charge in [0.25, 0.3) is 0 Å². The van der Waals surface area contributed by atoms with Gasteiger partial charge in [-0.3, -0.25) is 4.84 Å². The van der Waals surface area contributed by atoms with E-state index in [1.807, 2.05) is 38.4 Å². The second-order valence-corrected chi connectivity index (χ2v) is 6.92. The number of rotatable bonds is 7. The van der Waals surface area contributed by atoms with E-state index >= 15 is 0 Å². The minimum absolute atomic E-state index is 0.0524. The number of nitrogens with zero attached hydrogens (tertiary/aromatic N) is 2. The highest BCUT2D eigenvalue weighted by molar-refractivity contribution is 6.31. The van der Waals surface area contributed by atoms with Crippen molar-refractivity contribution in [1.82, 2.24) is 9.88 Å². The average molecular weight is 404 g/mol. The van der Waals surface area contributed by atoms with Crippen molar-refractivity contribution in [3.8, 4) is 11.1 Å². The molecule has 1 aromatic heterocycles. The van der Waals surface area contributed by atoms with Gasteiger partial charge in [0, 0.05) is 23.9 Å². The van der Waals surface area contributed by atoms with Crippen molar-refractivity contribution in [2.45, 2.75) is 13.2 Å². The Balaban J connectivity index is 1.67. The number of benzene rings is 2. The first kappa shape index (κ1) is 20.2. The highest BCUT2D eigenvalue weighted by Gasteiger charge is 2.12. The molecule has 0 saturated carbocycles. The molecule has 4 nitrogen and oxygen atoms in total. The van der Waals surface area contributed by atoms with E-state index in [0.29, 0.717) is 5.82 Å². The van der Waals surface area contributed by atoms with E-state index in [0.717, 1.165) is 29.8 Å². The predicted molar refractivity (Wildman–Crippen MR) is 107 cm³/mol. The Hall–Kier alpha value is -2.54. The van der Waals surface area contributed by atoms with Gasteiger partial charge in [0.15, 0.2) is 0 Å². The molecule has 2 aromatic carbocycles. The Morgan fingerprint density at radius 2 is 1.79 bits per heavy atom. The zero-order chi connectivity index (χ0) is 20.1. The van der Waals surface area contributed by atoms with Crippen LogP contribution in [0.5, 0.6) is 0 Å². The molecule has 0 spiro atoms. The van der Waals surface area contributed by atoms with Crippen molar-refractivity contribution >= 4 is 17.4 Å². The van der Waals surface area contributed by atoms with E-state index in [1.54, 1.807) is 12.3 Å². The minimum Gasteiger partial charge on any atom is -0.305 e. The maximum Gasteiger partial charge on any atom is 0.149 e. The van der Waals surface area contributed by atoms with Crippen LogP contribution in [0, 0.1) is 11.6 Å². The number of aromatic nitrogens is 1. The van der Waals surface area contributed by atoms with Gasteiger partial charge in [0.05, 0.1) is 5.02 Å². The molecule has 0 saturated heterocycles. The summed E-state index contributed by atoms with van der Waals surface area (Å²) in [5.74, 6) is -0.878. The van der Waals surface area contributed by atoms with Crippen LogP contribution >= 0.6 is 11.6 Å². The number of hydrogen-bond acceptors (Lipinski definition) is 4. The molecule has 3 rings (SSSR count). The highest BCUT2D eigenvalue weighted by atomic mass is 35.5. The van der Waals surface area contributed by atoms with Gasteiger partial charge in [-0.1, -0.05) is 35.9 Å². The van der Waals surface area contributed by atoms with Crippen LogP contribution in [0.3, 0.4) is 0 Å². The summed E-state index contributed by atoms with van der Waals surface area (Å²) >= 11 is 5.78. The third kappa shape index (κ3) is 4.84. The van der Waals surface area contributed by atoms with Gasteiger partial charge in [-0.25, -0.2) is 19.2 Å². The van der Waals surface area contributed by atoms with Crippen LogP contribution in [0.25, 0.3) is 11.1 Å². The molecule has 3 aromatic rings. The molecule has 0 aliphatic heterocycles. The Bertz CT molecular complexity index is 949. The zero-order valence-electron chi connectivity index (χ0n) is 15.5. The molecule has 0 bridgehead atoms. The predicted octanol–water partition coefficient (Wildman–Crippen LogP) is 5.29. The molecule has 0 radical (unpaired) electrons. The summed E-state index contributed by atoms with van der Waals surface area (Å²) in [7, 11) is 4.04. The lowest BCUT2D eigenvalue weighted by molar-refractivity contribution is 0.175. The van der Waals surface area contributed by atoms with E-state index in [-0.39, 0.29) is 17.2 Å². The minimum atomic E-state index is -0.694. The van der Waals surface area contributed by atoms with Crippen molar-refractivity contribution in [1.29, 1.82) is 0 Å². The van der Waals surface area contributed by atoms with E-state index in [4.69, 9.17) is 16.4 Å². The summed E-state index contributed by atoms with van der Waals surface area (Å²) in [4.78, 5) is 11.7. The largest absolute Gasteiger partial charge is 0.305 e. The van der Waals surface area contributed by atoms with Gasteiger partial charge in [0.2, 0.25) is 0 Å². The third-order valence-corrected chi connectivity index (χ3v) is 4.52. The van der Waals surface area contributed by atoms with Crippen LogP contribution in [0.15, 0.2) is 54.7 Å². The first-order chi connectivity index (χ1) is 13.5.